The summed E-state index contributed by atoms with van der Waals surface area (Å²) < 4.78 is 30.9. The molecular weight excluding hydrogens is 212 g/mol. The summed E-state index contributed by atoms with van der Waals surface area (Å²) in [6.07, 6.45) is 2.12. The highest BCUT2D eigenvalue weighted by Crippen LogP contribution is 2.10. The Labute approximate surface area is 93.6 Å². The number of nitrogens with one attached hydrogen (secondary N) is 1. The van der Waals surface area contributed by atoms with Gasteiger partial charge in [-0.15, -0.1) is 0 Å². The molecule has 2 nitrogen and oxygen atoms in total. The first-order valence-electron chi connectivity index (χ1n) is 5.51. The van der Waals surface area contributed by atoms with Crippen molar-refractivity contribution in [2.24, 2.45) is 0 Å². The van der Waals surface area contributed by atoms with Gasteiger partial charge in [-0.3, -0.25) is 0 Å². The molecule has 0 aliphatic carbocycles. The number of halogens is 2. The molecule has 1 aliphatic rings. The lowest BCUT2D eigenvalue weighted by atomic mass is 10.1. The topological polar surface area (TPSA) is 21.3 Å². The van der Waals surface area contributed by atoms with E-state index in [4.69, 9.17) is 4.74 Å². The van der Waals surface area contributed by atoms with Gasteiger partial charge < -0.3 is 10.1 Å². The van der Waals surface area contributed by atoms with E-state index >= 15 is 0 Å². The van der Waals surface area contributed by atoms with E-state index in [-0.39, 0.29) is 0 Å². The zero-order chi connectivity index (χ0) is 11.4. The lowest BCUT2D eigenvalue weighted by molar-refractivity contribution is 0.0699. The summed E-state index contributed by atoms with van der Waals surface area (Å²) in [5, 5.41) is 3.27. The first-order valence-corrected chi connectivity index (χ1v) is 5.51. The van der Waals surface area contributed by atoms with Crippen LogP contribution in [0.1, 0.15) is 18.4 Å². The van der Waals surface area contributed by atoms with Crippen molar-refractivity contribution >= 4 is 0 Å². The largest absolute Gasteiger partial charge is 0.380 e. The molecule has 0 saturated carbocycles. The maximum absolute atomic E-state index is 12.9. The van der Waals surface area contributed by atoms with E-state index in [0.717, 1.165) is 31.1 Å². The predicted molar refractivity (Wildman–Crippen MR) is 57.0 cm³/mol. The third kappa shape index (κ3) is 3.00. The zero-order valence-corrected chi connectivity index (χ0v) is 9.01. The fourth-order valence-corrected chi connectivity index (χ4v) is 1.81. The molecule has 1 aliphatic heterocycles. The summed E-state index contributed by atoms with van der Waals surface area (Å²) in [4.78, 5) is 0. The van der Waals surface area contributed by atoms with Gasteiger partial charge in [-0.25, -0.2) is 8.78 Å². The second-order valence-corrected chi connectivity index (χ2v) is 4.04. The van der Waals surface area contributed by atoms with Gasteiger partial charge in [-0.05, 0) is 30.5 Å². The number of hydrogen-bond donors (Lipinski definition) is 1. The standard InChI is InChI=1S/C12H15F2NO/c13-11-4-3-9(6-12(11)14)7-15-10-2-1-5-16-8-10/h3-4,6,10,15H,1-2,5,7-8H2. The highest BCUT2D eigenvalue weighted by molar-refractivity contribution is 5.17. The lowest BCUT2D eigenvalue weighted by Crippen LogP contribution is -2.36. The Balaban J connectivity index is 1.86. The van der Waals surface area contributed by atoms with Crippen molar-refractivity contribution < 1.29 is 13.5 Å². The first-order chi connectivity index (χ1) is 7.75. The van der Waals surface area contributed by atoms with Gasteiger partial charge in [-0.1, -0.05) is 6.07 Å². The lowest BCUT2D eigenvalue weighted by Gasteiger charge is -2.23. The average Bonchev–Trinajstić information content (AvgIpc) is 2.32. The quantitative estimate of drug-likeness (QED) is 0.855. The molecule has 2 rings (SSSR count). The minimum absolute atomic E-state index is 0.321. The monoisotopic (exact) mass is 227 g/mol. The SMILES string of the molecule is Fc1ccc(CNC2CCCOC2)cc1F. The van der Waals surface area contributed by atoms with E-state index in [2.05, 4.69) is 5.32 Å². The summed E-state index contributed by atoms with van der Waals surface area (Å²) in [6, 6.07) is 4.30. The van der Waals surface area contributed by atoms with Crippen LogP contribution in [0.5, 0.6) is 0 Å². The van der Waals surface area contributed by atoms with Crippen molar-refractivity contribution in [3.05, 3.63) is 35.4 Å². The van der Waals surface area contributed by atoms with Crippen molar-refractivity contribution in [2.45, 2.75) is 25.4 Å². The Morgan fingerprint density at radius 3 is 2.88 bits per heavy atom. The fourth-order valence-electron chi connectivity index (χ4n) is 1.81. The summed E-state index contributed by atoms with van der Waals surface area (Å²) in [5.41, 5.74) is 0.754. The van der Waals surface area contributed by atoms with Gasteiger partial charge in [-0.2, -0.15) is 0 Å². The smallest absolute Gasteiger partial charge is 0.159 e. The molecule has 4 heteroatoms. The number of benzene rings is 1. The van der Waals surface area contributed by atoms with E-state index in [9.17, 15) is 8.78 Å². The molecule has 0 amide bonds. The zero-order valence-electron chi connectivity index (χ0n) is 9.01. The third-order valence-electron chi connectivity index (χ3n) is 2.74. The Kier molecular flexibility index (Phi) is 3.85. The number of rotatable bonds is 3. The molecule has 1 heterocycles. The van der Waals surface area contributed by atoms with Crippen LogP contribution in [0, 0.1) is 11.6 Å². The van der Waals surface area contributed by atoms with Crippen LogP contribution in [-0.2, 0) is 11.3 Å². The summed E-state index contributed by atoms with van der Waals surface area (Å²) in [5.74, 6) is -1.59. The Morgan fingerprint density at radius 1 is 1.31 bits per heavy atom. The molecule has 0 aromatic heterocycles. The second-order valence-electron chi connectivity index (χ2n) is 4.04. The maximum Gasteiger partial charge on any atom is 0.159 e. The van der Waals surface area contributed by atoms with E-state index < -0.39 is 11.6 Å². The first kappa shape index (κ1) is 11.5. The van der Waals surface area contributed by atoms with Gasteiger partial charge in [0.2, 0.25) is 0 Å². The highest BCUT2D eigenvalue weighted by atomic mass is 19.2. The molecule has 1 saturated heterocycles. The number of ether oxygens (including phenoxy) is 1. The van der Waals surface area contributed by atoms with Gasteiger partial charge in [0.25, 0.3) is 0 Å². The van der Waals surface area contributed by atoms with Crippen LogP contribution in [0.2, 0.25) is 0 Å². The molecule has 88 valence electrons. The maximum atomic E-state index is 12.9. The van der Waals surface area contributed by atoms with Crippen LogP contribution in [0.25, 0.3) is 0 Å². The second kappa shape index (κ2) is 5.37. The van der Waals surface area contributed by atoms with Crippen LogP contribution in [-0.4, -0.2) is 19.3 Å². The van der Waals surface area contributed by atoms with Gasteiger partial charge in [0.15, 0.2) is 11.6 Å². The molecule has 1 atom stereocenters. The Hall–Kier alpha value is -1.00. The van der Waals surface area contributed by atoms with Crippen molar-refractivity contribution in [1.82, 2.24) is 5.32 Å². The molecule has 0 radical (unpaired) electrons. The molecule has 0 bridgehead atoms. The van der Waals surface area contributed by atoms with Gasteiger partial charge >= 0.3 is 0 Å². The molecule has 1 fully saturated rings. The normalized spacial score (nSPS) is 21.0. The van der Waals surface area contributed by atoms with E-state index in [1.54, 1.807) is 6.07 Å². The molecule has 1 N–H and O–H groups in total. The van der Waals surface area contributed by atoms with Crippen LogP contribution in [0.3, 0.4) is 0 Å². The minimum atomic E-state index is -0.801. The van der Waals surface area contributed by atoms with Crippen LogP contribution in [0.4, 0.5) is 8.78 Å². The van der Waals surface area contributed by atoms with E-state index in [1.165, 1.54) is 6.07 Å². The summed E-state index contributed by atoms with van der Waals surface area (Å²) in [6.45, 7) is 2.07. The summed E-state index contributed by atoms with van der Waals surface area (Å²) in [7, 11) is 0. The van der Waals surface area contributed by atoms with Crippen molar-refractivity contribution in [3.63, 3.8) is 0 Å². The minimum Gasteiger partial charge on any atom is -0.380 e. The van der Waals surface area contributed by atoms with Crippen molar-refractivity contribution in [3.8, 4) is 0 Å². The van der Waals surface area contributed by atoms with E-state index in [0.29, 0.717) is 19.2 Å². The highest BCUT2D eigenvalue weighted by Gasteiger charge is 2.13. The van der Waals surface area contributed by atoms with Crippen LogP contribution in [0.15, 0.2) is 18.2 Å². The van der Waals surface area contributed by atoms with Crippen LogP contribution >= 0.6 is 0 Å². The molecule has 1 aromatic carbocycles. The fraction of sp³-hybridized carbons (Fsp3) is 0.500. The Bertz CT molecular complexity index is 351. The third-order valence-corrected chi connectivity index (χ3v) is 2.74. The van der Waals surface area contributed by atoms with Crippen molar-refractivity contribution in [1.29, 1.82) is 0 Å². The van der Waals surface area contributed by atoms with Crippen molar-refractivity contribution in [2.75, 3.05) is 13.2 Å². The average molecular weight is 227 g/mol. The number of hydrogen-bond acceptors (Lipinski definition) is 2. The molecule has 1 aromatic rings. The van der Waals surface area contributed by atoms with Gasteiger partial charge in [0, 0.05) is 19.2 Å². The van der Waals surface area contributed by atoms with E-state index in [1.807, 2.05) is 0 Å². The molecular formula is C12H15F2NO. The van der Waals surface area contributed by atoms with Gasteiger partial charge in [0.1, 0.15) is 0 Å². The molecule has 1 unspecified atom stereocenters. The summed E-state index contributed by atoms with van der Waals surface area (Å²) >= 11 is 0. The van der Waals surface area contributed by atoms with Gasteiger partial charge in [0.05, 0.1) is 6.61 Å². The molecule has 16 heavy (non-hydrogen) atoms. The predicted octanol–water partition coefficient (Wildman–Crippen LogP) is 2.23. The Morgan fingerprint density at radius 2 is 2.19 bits per heavy atom. The van der Waals surface area contributed by atoms with Crippen LogP contribution < -0.4 is 5.32 Å². The molecule has 0 spiro atoms.